The van der Waals surface area contributed by atoms with Gasteiger partial charge in [0.2, 0.25) is 0 Å². The zero-order valence-electron chi connectivity index (χ0n) is 11.0. The molecular formula is C15H19ClN2. The highest BCUT2D eigenvalue weighted by molar-refractivity contribution is 6.15. The number of hydrogen-bond donors (Lipinski definition) is 1. The maximum atomic E-state index is 6.23. The fourth-order valence-corrected chi connectivity index (χ4v) is 1.91. The summed E-state index contributed by atoms with van der Waals surface area (Å²) in [5.74, 6) is 0. The number of alkyl halides is 1. The number of aromatic nitrogens is 1. The van der Waals surface area contributed by atoms with Crippen molar-refractivity contribution < 1.29 is 0 Å². The maximum Gasteiger partial charge on any atom is 0.0569 e. The van der Waals surface area contributed by atoms with Gasteiger partial charge in [-0.1, -0.05) is 29.8 Å². The molecule has 1 aromatic heterocycles. The van der Waals surface area contributed by atoms with Crippen molar-refractivity contribution in [3.63, 3.8) is 0 Å². The maximum absolute atomic E-state index is 6.23. The van der Waals surface area contributed by atoms with Crippen molar-refractivity contribution >= 4 is 11.6 Å². The van der Waals surface area contributed by atoms with Crippen molar-refractivity contribution in [2.45, 2.75) is 19.9 Å². The van der Waals surface area contributed by atoms with Gasteiger partial charge in [-0.3, -0.25) is 4.98 Å². The van der Waals surface area contributed by atoms with E-state index < -0.39 is 0 Å². The molecular weight excluding hydrogens is 244 g/mol. The molecule has 2 rings (SSSR count). The molecule has 18 heavy (non-hydrogen) atoms. The van der Waals surface area contributed by atoms with Gasteiger partial charge in [0.25, 0.3) is 0 Å². The van der Waals surface area contributed by atoms with E-state index in [0.717, 1.165) is 5.56 Å². The van der Waals surface area contributed by atoms with Crippen LogP contribution in [0.2, 0.25) is 0 Å². The molecule has 0 fully saturated rings. The number of hydrogen-bond acceptors (Lipinski definition) is 2. The first-order valence-electron chi connectivity index (χ1n) is 5.79. The first kappa shape index (κ1) is 14.7. The number of nitrogens with zero attached hydrogens (tertiary/aromatic N) is 1. The Labute approximate surface area is 114 Å². The molecule has 0 amide bonds. The van der Waals surface area contributed by atoms with Gasteiger partial charge in [-0.25, -0.2) is 0 Å². The lowest BCUT2D eigenvalue weighted by Gasteiger charge is -2.15. The zero-order valence-corrected chi connectivity index (χ0v) is 11.8. The third-order valence-electron chi connectivity index (χ3n) is 2.80. The number of rotatable bonds is 2. The van der Waals surface area contributed by atoms with Crippen LogP contribution in [0, 0.1) is 13.8 Å². The van der Waals surface area contributed by atoms with E-state index in [0.29, 0.717) is 0 Å². The lowest BCUT2D eigenvalue weighted by molar-refractivity contribution is 0.853. The van der Waals surface area contributed by atoms with Crippen LogP contribution in [-0.2, 0) is 0 Å². The van der Waals surface area contributed by atoms with Crippen molar-refractivity contribution in [1.82, 2.24) is 4.98 Å². The van der Waals surface area contributed by atoms with Gasteiger partial charge in [-0.2, -0.15) is 0 Å². The van der Waals surface area contributed by atoms with Crippen LogP contribution in [0.25, 0.3) is 0 Å². The summed E-state index contributed by atoms with van der Waals surface area (Å²) in [5, 5.41) is 0. The zero-order chi connectivity index (χ0) is 13.5. The van der Waals surface area contributed by atoms with E-state index in [4.69, 9.17) is 5.73 Å². The van der Waals surface area contributed by atoms with Gasteiger partial charge >= 0.3 is 0 Å². The molecule has 0 aliphatic rings. The minimum Gasteiger partial charge on any atom is -0.320 e. The van der Waals surface area contributed by atoms with Gasteiger partial charge in [-0.15, -0.1) is 11.6 Å². The van der Waals surface area contributed by atoms with Crippen molar-refractivity contribution in [1.29, 1.82) is 0 Å². The van der Waals surface area contributed by atoms with Gasteiger partial charge in [-0.05, 0) is 36.6 Å². The molecule has 1 heterocycles. The summed E-state index contributed by atoms with van der Waals surface area (Å²) in [7, 11) is 0. The van der Waals surface area contributed by atoms with Crippen LogP contribution in [0.15, 0.2) is 42.7 Å². The Balaban J connectivity index is 0.000000771. The van der Waals surface area contributed by atoms with Crippen LogP contribution in [-0.4, -0.2) is 11.4 Å². The largest absolute Gasteiger partial charge is 0.320 e. The molecule has 2 aromatic rings. The number of pyridine rings is 1. The molecule has 0 bridgehead atoms. The highest BCUT2D eigenvalue weighted by Gasteiger charge is 2.10. The molecule has 0 saturated heterocycles. The fraction of sp³-hybridized carbons (Fsp3) is 0.267. The van der Waals surface area contributed by atoms with Gasteiger partial charge in [0, 0.05) is 18.8 Å². The first-order chi connectivity index (χ1) is 8.68. The minimum atomic E-state index is -0.0886. The fourth-order valence-electron chi connectivity index (χ4n) is 1.91. The summed E-state index contributed by atoms with van der Waals surface area (Å²) in [4.78, 5) is 4.10. The van der Waals surface area contributed by atoms with E-state index in [9.17, 15) is 0 Å². The van der Waals surface area contributed by atoms with Crippen molar-refractivity contribution in [3.8, 4) is 0 Å². The number of halogens is 1. The van der Waals surface area contributed by atoms with E-state index in [1.165, 1.54) is 23.1 Å². The average molecular weight is 263 g/mol. The highest BCUT2D eigenvalue weighted by atomic mass is 35.5. The molecule has 3 heteroatoms. The van der Waals surface area contributed by atoms with E-state index >= 15 is 0 Å². The molecule has 1 aromatic carbocycles. The number of benzene rings is 1. The van der Waals surface area contributed by atoms with Crippen LogP contribution >= 0.6 is 11.6 Å². The second-order valence-corrected chi connectivity index (χ2v) is 4.12. The topological polar surface area (TPSA) is 38.9 Å². The van der Waals surface area contributed by atoms with Gasteiger partial charge < -0.3 is 5.73 Å². The Morgan fingerprint density at radius 2 is 1.89 bits per heavy atom. The van der Waals surface area contributed by atoms with Gasteiger partial charge in [0.05, 0.1) is 6.04 Å². The Morgan fingerprint density at radius 1 is 1.17 bits per heavy atom. The van der Waals surface area contributed by atoms with Gasteiger partial charge in [0.15, 0.2) is 0 Å². The minimum absolute atomic E-state index is 0.0886. The monoisotopic (exact) mass is 262 g/mol. The van der Waals surface area contributed by atoms with Crippen molar-refractivity contribution in [2.24, 2.45) is 5.73 Å². The second-order valence-electron chi connectivity index (χ2n) is 4.12. The van der Waals surface area contributed by atoms with Gasteiger partial charge in [0.1, 0.15) is 0 Å². The average Bonchev–Trinajstić information content (AvgIpc) is 2.41. The van der Waals surface area contributed by atoms with Crippen molar-refractivity contribution in [3.05, 3.63) is 65.0 Å². The molecule has 0 spiro atoms. The van der Waals surface area contributed by atoms with E-state index in [2.05, 4.69) is 48.6 Å². The Morgan fingerprint density at radius 3 is 2.44 bits per heavy atom. The summed E-state index contributed by atoms with van der Waals surface area (Å²) in [6.45, 7) is 4.19. The van der Waals surface area contributed by atoms with Crippen LogP contribution in [0.1, 0.15) is 28.3 Å². The third kappa shape index (κ3) is 3.56. The highest BCUT2D eigenvalue weighted by Crippen LogP contribution is 2.22. The molecule has 1 unspecified atom stereocenters. The number of nitrogens with two attached hydrogens (primary N) is 1. The predicted octanol–water partition coefficient (Wildman–Crippen LogP) is 3.60. The van der Waals surface area contributed by atoms with E-state index in [1.54, 1.807) is 6.20 Å². The van der Waals surface area contributed by atoms with E-state index in [-0.39, 0.29) is 6.04 Å². The lowest BCUT2D eigenvalue weighted by Crippen LogP contribution is -2.13. The summed E-state index contributed by atoms with van der Waals surface area (Å²) in [6, 6.07) is 10.2. The molecule has 0 radical (unpaired) electrons. The molecule has 2 nitrogen and oxygen atoms in total. The predicted molar refractivity (Wildman–Crippen MR) is 78.0 cm³/mol. The van der Waals surface area contributed by atoms with Crippen LogP contribution < -0.4 is 5.73 Å². The Bertz CT molecular complexity index is 483. The Kier molecular flexibility index (Phi) is 5.83. The van der Waals surface area contributed by atoms with Crippen LogP contribution in [0.3, 0.4) is 0 Å². The summed E-state index contributed by atoms with van der Waals surface area (Å²) in [6.07, 6.45) is 5.06. The summed E-state index contributed by atoms with van der Waals surface area (Å²) >= 11 is 4.64. The van der Waals surface area contributed by atoms with Crippen LogP contribution in [0.4, 0.5) is 0 Å². The lowest BCUT2D eigenvalue weighted by atomic mass is 9.95. The molecule has 96 valence electrons. The quantitative estimate of drug-likeness (QED) is 0.840. The normalized spacial score (nSPS) is 11.4. The third-order valence-corrected chi connectivity index (χ3v) is 2.80. The molecule has 0 aliphatic heterocycles. The Hall–Kier alpha value is -1.38. The smallest absolute Gasteiger partial charge is 0.0569 e. The van der Waals surface area contributed by atoms with E-state index in [1.807, 2.05) is 18.3 Å². The molecule has 1 atom stereocenters. The molecule has 0 aliphatic carbocycles. The molecule has 2 N–H and O–H groups in total. The molecule has 0 saturated carbocycles. The summed E-state index contributed by atoms with van der Waals surface area (Å²) in [5.41, 5.74) is 10.9. The second kappa shape index (κ2) is 7.14. The number of aryl methyl sites for hydroxylation is 2. The van der Waals surface area contributed by atoms with Crippen molar-refractivity contribution in [2.75, 3.05) is 6.38 Å². The van der Waals surface area contributed by atoms with Crippen LogP contribution in [0.5, 0.6) is 0 Å². The SMILES string of the molecule is CCl.Cc1ccc(C(N)c2cccnc2)c(C)c1. The first-order valence-corrected chi connectivity index (χ1v) is 6.54. The standard InChI is InChI=1S/C14H16N2.CH3Cl/c1-10-5-6-13(11(2)8-10)14(15)12-4-3-7-16-9-12;1-2/h3-9,14H,15H2,1-2H3;1H3. The summed E-state index contributed by atoms with van der Waals surface area (Å²) < 4.78 is 0.